The van der Waals surface area contributed by atoms with E-state index in [2.05, 4.69) is 0 Å². The first-order valence-electron chi connectivity index (χ1n) is 14.2. The lowest BCUT2D eigenvalue weighted by molar-refractivity contribution is -0.131. The fourth-order valence-corrected chi connectivity index (χ4v) is 7.95. The van der Waals surface area contributed by atoms with Crippen LogP contribution in [0.5, 0.6) is 11.5 Å². The maximum Gasteiger partial charge on any atom is 0.241 e. The van der Waals surface area contributed by atoms with Gasteiger partial charge in [-0.3, -0.25) is 24.1 Å². The summed E-state index contributed by atoms with van der Waals surface area (Å²) >= 11 is 0. The SMILES string of the molecule is COc1cccc(C2C3=CCC4C(=O)N(c5ccccc5)C(=O)C4C3CC3C(=O)N(c4ccccc4)C(=O)C32C)c1O. The summed E-state index contributed by atoms with van der Waals surface area (Å²) in [5.74, 6) is -4.26. The number of nitrogens with zero attached hydrogens (tertiary/aromatic N) is 2. The number of carbonyl (C=O) groups excluding carboxylic acids is 4. The first-order chi connectivity index (χ1) is 20.3. The number of hydrogen-bond acceptors (Lipinski definition) is 6. The number of aromatic hydroxyl groups is 1. The van der Waals surface area contributed by atoms with Crippen molar-refractivity contribution in [1.82, 2.24) is 0 Å². The number of para-hydroxylation sites is 3. The van der Waals surface area contributed by atoms with E-state index in [1.807, 2.05) is 18.2 Å². The molecule has 2 aliphatic carbocycles. The van der Waals surface area contributed by atoms with Crippen LogP contribution in [0.1, 0.15) is 31.2 Å². The number of benzene rings is 3. The van der Waals surface area contributed by atoms with E-state index in [9.17, 15) is 24.3 Å². The van der Waals surface area contributed by atoms with Crippen molar-refractivity contribution in [1.29, 1.82) is 0 Å². The third kappa shape index (κ3) is 3.41. The van der Waals surface area contributed by atoms with Crippen molar-refractivity contribution in [3.63, 3.8) is 0 Å². The summed E-state index contributed by atoms with van der Waals surface area (Å²) in [6.07, 6.45) is 2.55. The summed E-state index contributed by atoms with van der Waals surface area (Å²) in [6, 6.07) is 22.9. The molecule has 212 valence electrons. The number of rotatable bonds is 4. The Morgan fingerprint density at radius 1 is 0.786 bits per heavy atom. The van der Waals surface area contributed by atoms with Crippen LogP contribution in [0.3, 0.4) is 0 Å². The summed E-state index contributed by atoms with van der Waals surface area (Å²) in [7, 11) is 1.46. The fourth-order valence-electron chi connectivity index (χ4n) is 7.95. The molecule has 42 heavy (non-hydrogen) atoms. The normalized spacial score (nSPS) is 30.1. The predicted molar refractivity (Wildman–Crippen MR) is 155 cm³/mol. The highest BCUT2D eigenvalue weighted by Gasteiger charge is 2.68. The molecule has 8 heteroatoms. The van der Waals surface area contributed by atoms with E-state index in [0.717, 1.165) is 5.57 Å². The lowest BCUT2D eigenvalue weighted by atomic mass is 9.51. The summed E-state index contributed by atoms with van der Waals surface area (Å²) in [5.41, 5.74) is 1.04. The van der Waals surface area contributed by atoms with Gasteiger partial charge < -0.3 is 9.84 Å². The molecule has 3 fully saturated rings. The number of carbonyl (C=O) groups is 4. The smallest absolute Gasteiger partial charge is 0.241 e. The van der Waals surface area contributed by atoms with E-state index in [4.69, 9.17) is 4.74 Å². The number of imide groups is 2. The van der Waals surface area contributed by atoms with Gasteiger partial charge in [0.1, 0.15) is 0 Å². The van der Waals surface area contributed by atoms with Crippen LogP contribution in [-0.2, 0) is 19.2 Å². The second-order valence-electron chi connectivity index (χ2n) is 11.7. The van der Waals surface area contributed by atoms with Gasteiger partial charge in [0.05, 0.1) is 41.7 Å². The first kappa shape index (κ1) is 26.2. The number of allylic oxidation sites excluding steroid dienone is 2. The molecule has 1 N–H and O–H groups in total. The Morgan fingerprint density at radius 3 is 2.07 bits per heavy atom. The highest BCUT2D eigenvalue weighted by molar-refractivity contribution is 6.25. The van der Waals surface area contributed by atoms with Crippen molar-refractivity contribution in [2.24, 2.45) is 29.1 Å². The summed E-state index contributed by atoms with van der Waals surface area (Å²) in [6.45, 7) is 1.80. The molecule has 4 aliphatic rings. The molecule has 6 unspecified atom stereocenters. The third-order valence-electron chi connectivity index (χ3n) is 9.86. The summed E-state index contributed by atoms with van der Waals surface area (Å²) in [4.78, 5) is 58.8. The Kier molecular flexibility index (Phi) is 5.87. The van der Waals surface area contributed by atoms with Gasteiger partial charge in [-0.15, -0.1) is 0 Å². The molecule has 1 saturated carbocycles. The molecular weight excluding hydrogens is 532 g/mol. The number of hydrogen-bond donors (Lipinski definition) is 1. The van der Waals surface area contributed by atoms with Gasteiger partial charge in [-0.05, 0) is 56.0 Å². The molecule has 2 heterocycles. The molecule has 3 aromatic rings. The number of methoxy groups -OCH3 is 1. The fraction of sp³-hybridized carbons (Fsp3) is 0.294. The molecule has 8 nitrogen and oxygen atoms in total. The van der Waals surface area contributed by atoms with Crippen molar-refractivity contribution in [2.75, 3.05) is 16.9 Å². The Bertz CT molecular complexity index is 1670. The van der Waals surface area contributed by atoms with E-state index >= 15 is 0 Å². The molecule has 7 rings (SSSR count). The number of ether oxygens (including phenoxy) is 1. The van der Waals surface area contributed by atoms with Crippen molar-refractivity contribution in [3.8, 4) is 11.5 Å². The molecule has 0 bridgehead atoms. The average molecular weight is 563 g/mol. The van der Waals surface area contributed by atoms with Gasteiger partial charge in [0.2, 0.25) is 23.6 Å². The zero-order chi connectivity index (χ0) is 29.3. The maximum atomic E-state index is 14.4. The quantitative estimate of drug-likeness (QED) is 0.361. The Morgan fingerprint density at radius 2 is 1.43 bits per heavy atom. The standard InChI is InChI=1S/C34H30N2O6/c1-34-25(31(39)36(33(34)41)20-12-7-4-8-13-20)18-24-21(28(34)23-14-9-15-26(42-2)29(23)37)16-17-22-27(24)32(40)35(30(22)38)19-10-5-3-6-11-19/h3-16,22,24-25,27-28,37H,17-18H2,1-2H3. The largest absolute Gasteiger partial charge is 0.504 e. The second kappa shape index (κ2) is 9.41. The van der Waals surface area contributed by atoms with Crippen molar-refractivity contribution in [2.45, 2.75) is 25.7 Å². The molecule has 0 radical (unpaired) electrons. The molecule has 2 saturated heterocycles. The van der Waals surface area contributed by atoms with Gasteiger partial charge in [-0.2, -0.15) is 0 Å². The van der Waals surface area contributed by atoms with Crippen LogP contribution in [0.25, 0.3) is 0 Å². The molecule has 0 spiro atoms. The Hall–Kier alpha value is -4.72. The van der Waals surface area contributed by atoms with Gasteiger partial charge >= 0.3 is 0 Å². The van der Waals surface area contributed by atoms with E-state index in [1.165, 1.54) is 16.9 Å². The van der Waals surface area contributed by atoms with E-state index in [0.29, 0.717) is 23.4 Å². The van der Waals surface area contributed by atoms with Crippen LogP contribution in [0, 0.1) is 29.1 Å². The van der Waals surface area contributed by atoms with Gasteiger partial charge in [-0.25, -0.2) is 4.90 Å². The lowest BCUT2D eigenvalue weighted by Crippen LogP contribution is -2.48. The maximum absolute atomic E-state index is 14.4. The van der Waals surface area contributed by atoms with Crippen LogP contribution in [-0.4, -0.2) is 35.8 Å². The zero-order valence-corrected chi connectivity index (χ0v) is 23.3. The minimum absolute atomic E-state index is 0.105. The minimum Gasteiger partial charge on any atom is -0.504 e. The first-order valence-corrected chi connectivity index (χ1v) is 14.2. The number of anilines is 2. The zero-order valence-electron chi connectivity index (χ0n) is 23.3. The molecule has 4 amide bonds. The van der Waals surface area contributed by atoms with Gasteiger partial charge in [0.25, 0.3) is 0 Å². The minimum atomic E-state index is -1.24. The third-order valence-corrected chi connectivity index (χ3v) is 9.86. The molecule has 0 aromatic heterocycles. The monoisotopic (exact) mass is 562 g/mol. The van der Waals surface area contributed by atoms with Crippen LogP contribution >= 0.6 is 0 Å². The van der Waals surface area contributed by atoms with Crippen LogP contribution in [0.4, 0.5) is 11.4 Å². The number of fused-ring (bicyclic) bond motifs is 4. The number of phenolic OH excluding ortho intramolecular Hbond substituents is 1. The highest BCUT2D eigenvalue weighted by atomic mass is 16.5. The predicted octanol–water partition coefficient (Wildman–Crippen LogP) is 4.84. The number of amides is 4. The molecular formula is C34H30N2O6. The van der Waals surface area contributed by atoms with Crippen molar-refractivity contribution < 1.29 is 29.0 Å². The van der Waals surface area contributed by atoms with Gasteiger partial charge in [0, 0.05) is 11.5 Å². The lowest BCUT2D eigenvalue weighted by Gasteiger charge is -2.49. The van der Waals surface area contributed by atoms with Gasteiger partial charge in [-0.1, -0.05) is 60.2 Å². The van der Waals surface area contributed by atoms with Crippen molar-refractivity contribution >= 4 is 35.0 Å². The van der Waals surface area contributed by atoms with E-state index < -0.39 is 35.0 Å². The molecule has 3 aromatic carbocycles. The summed E-state index contributed by atoms with van der Waals surface area (Å²) < 4.78 is 5.42. The number of phenols is 1. The average Bonchev–Trinajstić information content (AvgIpc) is 3.38. The molecule has 6 atom stereocenters. The van der Waals surface area contributed by atoms with Gasteiger partial charge in [0.15, 0.2) is 11.5 Å². The van der Waals surface area contributed by atoms with Crippen LogP contribution in [0.15, 0.2) is 90.5 Å². The van der Waals surface area contributed by atoms with Crippen LogP contribution in [0.2, 0.25) is 0 Å². The van der Waals surface area contributed by atoms with E-state index in [-0.39, 0.29) is 41.5 Å². The van der Waals surface area contributed by atoms with E-state index in [1.54, 1.807) is 73.7 Å². The summed E-state index contributed by atoms with van der Waals surface area (Å²) in [5, 5.41) is 11.4. The van der Waals surface area contributed by atoms with Crippen LogP contribution < -0.4 is 14.5 Å². The second-order valence-corrected chi connectivity index (χ2v) is 11.7. The molecule has 2 aliphatic heterocycles. The van der Waals surface area contributed by atoms with Crippen molar-refractivity contribution in [3.05, 3.63) is 96.1 Å². The highest BCUT2D eigenvalue weighted by Crippen LogP contribution is 2.64. The Labute approximate surface area is 243 Å². The Balaban J connectivity index is 1.40. The topological polar surface area (TPSA) is 104 Å².